The Morgan fingerprint density at radius 3 is 2.20 bits per heavy atom. The van der Waals surface area contributed by atoms with Crippen molar-refractivity contribution in [2.75, 3.05) is 6.61 Å². The normalized spacial score (nSPS) is 12.8. The number of rotatable bonds is 3. The van der Waals surface area contributed by atoms with Crippen LogP contribution in [0.5, 0.6) is 0 Å². The zero-order valence-electron chi connectivity index (χ0n) is 6.33. The van der Waals surface area contributed by atoms with Crippen LogP contribution in [0.25, 0.3) is 0 Å². The molecule has 3 N–H and O–H groups in total. The van der Waals surface area contributed by atoms with Gasteiger partial charge in [-0.25, -0.2) is 0 Å². The van der Waals surface area contributed by atoms with E-state index in [2.05, 4.69) is 0 Å². The average molecular weight is 146 g/mol. The molecule has 1 atom stereocenters. The third-order valence-corrected chi connectivity index (χ3v) is 1.23. The van der Waals surface area contributed by atoms with Gasteiger partial charge in [0.2, 0.25) is 0 Å². The highest BCUT2D eigenvalue weighted by atomic mass is 16.3. The summed E-state index contributed by atoms with van der Waals surface area (Å²) >= 11 is 0. The topological polar surface area (TPSA) is 60.7 Å². The Bertz CT molecular complexity index is 125. The van der Waals surface area contributed by atoms with Crippen molar-refractivity contribution in [3.63, 3.8) is 0 Å². The number of aliphatic hydroxyl groups excluding tert-OH is 3. The molecule has 10 heavy (non-hydrogen) atoms. The molecule has 0 aromatic rings. The van der Waals surface area contributed by atoms with E-state index >= 15 is 0 Å². The predicted octanol–water partition coefficient (Wildman–Crippen LogP) is 0.582. The van der Waals surface area contributed by atoms with Gasteiger partial charge < -0.3 is 15.3 Å². The van der Waals surface area contributed by atoms with E-state index in [1.807, 2.05) is 0 Å². The zero-order valence-corrected chi connectivity index (χ0v) is 6.33. The van der Waals surface area contributed by atoms with Gasteiger partial charge >= 0.3 is 0 Å². The predicted molar refractivity (Wildman–Crippen MR) is 38.7 cm³/mol. The van der Waals surface area contributed by atoms with Crippen LogP contribution in [0.4, 0.5) is 0 Å². The van der Waals surface area contributed by atoms with Crippen LogP contribution in [0.1, 0.15) is 20.3 Å². The fraction of sp³-hybridized carbons (Fsp3) is 0.714. The summed E-state index contributed by atoms with van der Waals surface area (Å²) in [6.45, 7) is 3.30. The zero-order chi connectivity index (χ0) is 8.15. The summed E-state index contributed by atoms with van der Waals surface area (Å²) in [6.07, 6.45) is -0.716. The molecule has 0 radical (unpaired) electrons. The van der Waals surface area contributed by atoms with Crippen LogP contribution in [-0.4, -0.2) is 28.0 Å². The summed E-state index contributed by atoms with van der Waals surface area (Å²) < 4.78 is 0. The maximum absolute atomic E-state index is 9.04. The van der Waals surface area contributed by atoms with Crippen LogP contribution in [0.3, 0.4) is 0 Å². The molecule has 0 saturated carbocycles. The molecule has 0 amide bonds. The van der Waals surface area contributed by atoms with E-state index in [-0.39, 0.29) is 18.8 Å². The first-order valence-electron chi connectivity index (χ1n) is 3.24. The van der Waals surface area contributed by atoms with Gasteiger partial charge in [0.15, 0.2) is 0 Å². The Morgan fingerprint density at radius 1 is 1.40 bits per heavy atom. The highest BCUT2D eigenvalue weighted by Crippen LogP contribution is 2.07. The molecule has 1 unspecified atom stereocenters. The summed E-state index contributed by atoms with van der Waals surface area (Å²) in [7, 11) is 0. The maximum atomic E-state index is 9.04. The van der Waals surface area contributed by atoms with Gasteiger partial charge in [0.05, 0.1) is 0 Å². The third kappa shape index (κ3) is 2.85. The second-order valence-electron chi connectivity index (χ2n) is 2.41. The van der Waals surface area contributed by atoms with Crippen LogP contribution in [0.15, 0.2) is 11.3 Å². The minimum atomic E-state index is -0.907. The van der Waals surface area contributed by atoms with Crippen molar-refractivity contribution >= 4 is 0 Å². The summed E-state index contributed by atoms with van der Waals surface area (Å²) in [4.78, 5) is 0. The molecule has 3 nitrogen and oxygen atoms in total. The minimum Gasteiger partial charge on any atom is -0.510 e. The Morgan fingerprint density at radius 2 is 1.90 bits per heavy atom. The summed E-state index contributed by atoms with van der Waals surface area (Å²) in [5.41, 5.74) is 0.681. The van der Waals surface area contributed by atoms with Crippen molar-refractivity contribution in [2.45, 2.75) is 26.4 Å². The fourth-order valence-electron chi connectivity index (χ4n) is 0.592. The maximum Gasteiger partial charge on any atom is 0.119 e. The quantitative estimate of drug-likeness (QED) is 0.510. The van der Waals surface area contributed by atoms with Crippen LogP contribution in [-0.2, 0) is 0 Å². The lowest BCUT2D eigenvalue weighted by molar-refractivity contribution is 0.118. The standard InChI is InChI=1S/C7H14O3/c1-5(2)7(10)6(9)3-4-8/h6,8-10H,3-4H2,1-2H3. The SMILES string of the molecule is CC(C)=C(O)C(O)CCO. The van der Waals surface area contributed by atoms with E-state index in [1.165, 1.54) is 0 Å². The van der Waals surface area contributed by atoms with E-state index in [1.54, 1.807) is 13.8 Å². The molecule has 0 aromatic carbocycles. The lowest BCUT2D eigenvalue weighted by Gasteiger charge is -2.08. The highest BCUT2D eigenvalue weighted by molar-refractivity contribution is 5.05. The molecule has 0 spiro atoms. The van der Waals surface area contributed by atoms with Crippen molar-refractivity contribution in [3.05, 3.63) is 11.3 Å². The van der Waals surface area contributed by atoms with Crippen LogP contribution >= 0.6 is 0 Å². The van der Waals surface area contributed by atoms with Gasteiger partial charge in [-0.2, -0.15) is 0 Å². The van der Waals surface area contributed by atoms with Crippen LogP contribution in [0, 0.1) is 0 Å². The largest absolute Gasteiger partial charge is 0.510 e. The molecule has 0 heterocycles. The van der Waals surface area contributed by atoms with Crippen LogP contribution < -0.4 is 0 Å². The molecule has 0 saturated heterocycles. The first kappa shape index (κ1) is 9.46. The Labute approximate surface area is 60.6 Å². The fourth-order valence-corrected chi connectivity index (χ4v) is 0.592. The van der Waals surface area contributed by atoms with Gasteiger partial charge in [0, 0.05) is 13.0 Å². The Kier molecular flexibility index (Phi) is 4.07. The molecule has 0 aliphatic heterocycles. The van der Waals surface area contributed by atoms with E-state index < -0.39 is 6.10 Å². The molecule has 0 aromatic heterocycles. The monoisotopic (exact) mass is 146 g/mol. The van der Waals surface area contributed by atoms with Gasteiger partial charge in [0.1, 0.15) is 11.9 Å². The Balaban J connectivity index is 3.94. The molecule has 0 bridgehead atoms. The molecule has 0 rings (SSSR count). The number of hydrogen-bond donors (Lipinski definition) is 3. The minimum absolute atomic E-state index is 0.0333. The highest BCUT2D eigenvalue weighted by Gasteiger charge is 2.08. The number of allylic oxidation sites excluding steroid dienone is 1. The summed E-state index contributed by atoms with van der Waals surface area (Å²) in [6, 6.07) is 0. The van der Waals surface area contributed by atoms with Crippen molar-refractivity contribution in [1.29, 1.82) is 0 Å². The number of aliphatic hydroxyl groups is 3. The van der Waals surface area contributed by atoms with Crippen molar-refractivity contribution in [3.8, 4) is 0 Å². The van der Waals surface area contributed by atoms with Gasteiger partial charge in [0.25, 0.3) is 0 Å². The van der Waals surface area contributed by atoms with Crippen molar-refractivity contribution in [1.82, 2.24) is 0 Å². The second kappa shape index (κ2) is 4.30. The average Bonchev–Trinajstić information content (AvgIpc) is 1.87. The van der Waals surface area contributed by atoms with E-state index in [4.69, 9.17) is 15.3 Å². The first-order chi connectivity index (χ1) is 4.59. The molecular weight excluding hydrogens is 132 g/mol. The molecule has 3 heteroatoms. The van der Waals surface area contributed by atoms with E-state index in [9.17, 15) is 0 Å². The molecule has 60 valence electrons. The van der Waals surface area contributed by atoms with Gasteiger partial charge in [-0.3, -0.25) is 0 Å². The molecule has 0 aliphatic carbocycles. The Hall–Kier alpha value is -0.540. The van der Waals surface area contributed by atoms with Crippen LogP contribution in [0.2, 0.25) is 0 Å². The van der Waals surface area contributed by atoms with Gasteiger partial charge in [-0.15, -0.1) is 0 Å². The molecule has 0 fully saturated rings. The second-order valence-corrected chi connectivity index (χ2v) is 2.41. The van der Waals surface area contributed by atoms with Gasteiger partial charge in [-0.05, 0) is 19.4 Å². The van der Waals surface area contributed by atoms with Crippen molar-refractivity contribution < 1.29 is 15.3 Å². The smallest absolute Gasteiger partial charge is 0.119 e. The van der Waals surface area contributed by atoms with E-state index in [0.717, 1.165) is 0 Å². The summed E-state index contributed by atoms with van der Waals surface area (Å²) in [5, 5.41) is 26.4. The molecular formula is C7H14O3. The summed E-state index contributed by atoms with van der Waals surface area (Å²) in [5.74, 6) is -0.0333. The number of hydrogen-bond acceptors (Lipinski definition) is 3. The third-order valence-electron chi connectivity index (χ3n) is 1.23. The van der Waals surface area contributed by atoms with E-state index in [0.29, 0.717) is 5.57 Å². The lowest BCUT2D eigenvalue weighted by Crippen LogP contribution is -2.12. The molecule has 0 aliphatic rings. The van der Waals surface area contributed by atoms with Gasteiger partial charge in [-0.1, -0.05) is 0 Å². The lowest BCUT2D eigenvalue weighted by atomic mass is 10.1. The first-order valence-corrected chi connectivity index (χ1v) is 3.24. The van der Waals surface area contributed by atoms with Crippen molar-refractivity contribution in [2.24, 2.45) is 0 Å².